The molecule has 1 N–H and O–H groups in total. The first-order valence-electron chi connectivity index (χ1n) is 6.29. The quantitative estimate of drug-likeness (QED) is 0.872. The van der Waals surface area contributed by atoms with Gasteiger partial charge in [-0.15, -0.1) is 0 Å². The van der Waals surface area contributed by atoms with E-state index in [-0.39, 0.29) is 6.10 Å². The minimum Gasteiger partial charge on any atom is -0.494 e. The van der Waals surface area contributed by atoms with Crippen molar-refractivity contribution >= 4 is 5.97 Å². The Labute approximate surface area is 107 Å². The molecule has 0 aromatic heterocycles. The van der Waals surface area contributed by atoms with E-state index >= 15 is 0 Å². The van der Waals surface area contributed by atoms with E-state index in [2.05, 4.69) is 0 Å². The van der Waals surface area contributed by atoms with Crippen molar-refractivity contribution in [3.05, 3.63) is 29.8 Å². The normalized spacial score (nSPS) is 20.6. The molecular formula is C14H18O4. The average molecular weight is 250 g/mol. The Balaban J connectivity index is 2.24. The predicted molar refractivity (Wildman–Crippen MR) is 67.0 cm³/mol. The molecule has 1 saturated heterocycles. The van der Waals surface area contributed by atoms with E-state index in [4.69, 9.17) is 9.47 Å². The summed E-state index contributed by atoms with van der Waals surface area (Å²) in [6.07, 6.45) is 1.51. The fourth-order valence-electron chi connectivity index (χ4n) is 2.35. The van der Waals surface area contributed by atoms with E-state index in [0.717, 1.165) is 18.4 Å². The van der Waals surface area contributed by atoms with Crippen LogP contribution in [-0.4, -0.2) is 30.4 Å². The van der Waals surface area contributed by atoms with Gasteiger partial charge in [-0.25, -0.2) is 0 Å². The number of hydrogen-bond donors (Lipinski definition) is 1. The standard InChI is InChI=1S/C14H18O4/c1-2-17-11-6-3-5-10(9-11)13(14(15)16)12-7-4-8-18-12/h3,5-6,9,12-13H,2,4,7-8H2,1H3,(H,15,16). The third-order valence-corrected chi connectivity index (χ3v) is 3.13. The Kier molecular flexibility index (Phi) is 4.20. The van der Waals surface area contributed by atoms with Crippen LogP contribution in [0.4, 0.5) is 0 Å². The summed E-state index contributed by atoms with van der Waals surface area (Å²) < 4.78 is 10.9. The number of benzene rings is 1. The number of aliphatic carboxylic acids is 1. The molecule has 0 amide bonds. The molecule has 1 heterocycles. The molecule has 1 fully saturated rings. The number of carbonyl (C=O) groups is 1. The summed E-state index contributed by atoms with van der Waals surface area (Å²) in [7, 11) is 0. The van der Waals surface area contributed by atoms with Gasteiger partial charge in [0.25, 0.3) is 0 Å². The summed E-state index contributed by atoms with van der Waals surface area (Å²) in [5.41, 5.74) is 0.750. The molecule has 1 aliphatic rings. The highest BCUT2D eigenvalue weighted by molar-refractivity contribution is 5.77. The van der Waals surface area contributed by atoms with Crippen LogP contribution in [0.3, 0.4) is 0 Å². The summed E-state index contributed by atoms with van der Waals surface area (Å²) in [6, 6.07) is 7.28. The van der Waals surface area contributed by atoms with Crippen molar-refractivity contribution in [3.8, 4) is 5.75 Å². The molecule has 1 aromatic carbocycles. The molecule has 2 unspecified atom stereocenters. The van der Waals surface area contributed by atoms with Crippen molar-refractivity contribution in [2.24, 2.45) is 0 Å². The molecule has 0 bridgehead atoms. The number of carboxylic acids is 1. The Morgan fingerprint density at radius 2 is 2.44 bits per heavy atom. The predicted octanol–water partition coefficient (Wildman–Crippen LogP) is 2.43. The van der Waals surface area contributed by atoms with Crippen LogP contribution in [0.25, 0.3) is 0 Å². The largest absolute Gasteiger partial charge is 0.494 e. The van der Waals surface area contributed by atoms with E-state index in [1.54, 1.807) is 6.07 Å². The molecule has 98 valence electrons. The second-order valence-electron chi connectivity index (χ2n) is 4.37. The smallest absolute Gasteiger partial charge is 0.313 e. The first kappa shape index (κ1) is 12.9. The lowest BCUT2D eigenvalue weighted by Crippen LogP contribution is -2.25. The third kappa shape index (κ3) is 2.82. The van der Waals surface area contributed by atoms with Gasteiger partial charge in [-0.3, -0.25) is 4.79 Å². The number of carboxylic acid groups (broad SMARTS) is 1. The fraction of sp³-hybridized carbons (Fsp3) is 0.500. The van der Waals surface area contributed by atoms with Crippen molar-refractivity contribution in [2.45, 2.75) is 31.8 Å². The van der Waals surface area contributed by atoms with Gasteiger partial charge in [0.1, 0.15) is 11.7 Å². The molecule has 2 rings (SSSR count). The third-order valence-electron chi connectivity index (χ3n) is 3.13. The number of rotatable bonds is 5. The molecule has 4 nitrogen and oxygen atoms in total. The van der Waals surface area contributed by atoms with E-state index in [9.17, 15) is 9.90 Å². The lowest BCUT2D eigenvalue weighted by Gasteiger charge is -2.19. The molecule has 0 spiro atoms. The van der Waals surface area contributed by atoms with Crippen molar-refractivity contribution in [1.82, 2.24) is 0 Å². The zero-order chi connectivity index (χ0) is 13.0. The first-order valence-corrected chi connectivity index (χ1v) is 6.29. The highest BCUT2D eigenvalue weighted by Crippen LogP contribution is 2.31. The zero-order valence-electron chi connectivity index (χ0n) is 10.5. The highest BCUT2D eigenvalue weighted by Gasteiger charge is 2.33. The van der Waals surface area contributed by atoms with Crippen LogP contribution in [0.1, 0.15) is 31.2 Å². The molecule has 2 atom stereocenters. The molecular weight excluding hydrogens is 232 g/mol. The molecule has 1 aliphatic heterocycles. The van der Waals surface area contributed by atoms with Crippen LogP contribution in [0.5, 0.6) is 5.75 Å². The SMILES string of the molecule is CCOc1cccc(C(C(=O)O)C2CCCO2)c1. The summed E-state index contributed by atoms with van der Waals surface area (Å²) >= 11 is 0. The summed E-state index contributed by atoms with van der Waals surface area (Å²) in [6.45, 7) is 3.13. The molecule has 0 saturated carbocycles. The average Bonchev–Trinajstić information content (AvgIpc) is 2.83. The minimum atomic E-state index is -0.837. The second kappa shape index (κ2) is 5.87. The van der Waals surface area contributed by atoms with Crippen molar-refractivity contribution in [1.29, 1.82) is 0 Å². The van der Waals surface area contributed by atoms with Crippen LogP contribution >= 0.6 is 0 Å². The topological polar surface area (TPSA) is 55.8 Å². The van der Waals surface area contributed by atoms with Gasteiger partial charge in [0.15, 0.2) is 0 Å². The zero-order valence-corrected chi connectivity index (χ0v) is 10.5. The van der Waals surface area contributed by atoms with Gasteiger partial charge in [0, 0.05) is 6.61 Å². The Hall–Kier alpha value is -1.55. The molecule has 0 aliphatic carbocycles. The second-order valence-corrected chi connectivity index (χ2v) is 4.37. The van der Waals surface area contributed by atoms with E-state index < -0.39 is 11.9 Å². The molecule has 0 radical (unpaired) electrons. The van der Waals surface area contributed by atoms with Crippen LogP contribution in [0.2, 0.25) is 0 Å². The minimum absolute atomic E-state index is 0.223. The van der Waals surface area contributed by atoms with Crippen molar-refractivity contribution < 1.29 is 19.4 Å². The van der Waals surface area contributed by atoms with Crippen LogP contribution in [-0.2, 0) is 9.53 Å². The van der Waals surface area contributed by atoms with Gasteiger partial charge in [0.05, 0.1) is 12.7 Å². The van der Waals surface area contributed by atoms with Gasteiger partial charge < -0.3 is 14.6 Å². The van der Waals surface area contributed by atoms with Crippen molar-refractivity contribution in [2.75, 3.05) is 13.2 Å². The Morgan fingerprint density at radius 3 is 3.06 bits per heavy atom. The summed E-state index contributed by atoms with van der Waals surface area (Å²) in [5, 5.41) is 9.39. The van der Waals surface area contributed by atoms with Gasteiger partial charge in [-0.05, 0) is 37.5 Å². The van der Waals surface area contributed by atoms with Crippen LogP contribution in [0, 0.1) is 0 Å². The van der Waals surface area contributed by atoms with Gasteiger partial charge >= 0.3 is 5.97 Å². The molecule has 1 aromatic rings. The maximum absolute atomic E-state index is 11.4. The lowest BCUT2D eigenvalue weighted by molar-refractivity contribution is -0.141. The number of ether oxygens (including phenoxy) is 2. The first-order chi connectivity index (χ1) is 8.72. The highest BCUT2D eigenvalue weighted by atomic mass is 16.5. The van der Waals surface area contributed by atoms with Gasteiger partial charge in [-0.1, -0.05) is 12.1 Å². The number of hydrogen-bond acceptors (Lipinski definition) is 3. The lowest BCUT2D eigenvalue weighted by atomic mass is 9.92. The van der Waals surface area contributed by atoms with E-state index in [1.165, 1.54) is 0 Å². The summed E-state index contributed by atoms with van der Waals surface area (Å²) in [4.78, 5) is 11.4. The maximum Gasteiger partial charge on any atom is 0.313 e. The van der Waals surface area contributed by atoms with Gasteiger partial charge in [0.2, 0.25) is 0 Å². The fourth-order valence-corrected chi connectivity index (χ4v) is 2.35. The van der Waals surface area contributed by atoms with Crippen molar-refractivity contribution in [3.63, 3.8) is 0 Å². The van der Waals surface area contributed by atoms with E-state index in [1.807, 2.05) is 25.1 Å². The Bertz CT molecular complexity index is 410. The maximum atomic E-state index is 11.4. The molecule has 18 heavy (non-hydrogen) atoms. The summed E-state index contributed by atoms with van der Waals surface area (Å²) in [5.74, 6) is -0.734. The monoisotopic (exact) mass is 250 g/mol. The molecule has 4 heteroatoms. The Morgan fingerprint density at radius 1 is 1.61 bits per heavy atom. The van der Waals surface area contributed by atoms with Crippen LogP contribution in [0.15, 0.2) is 24.3 Å². The van der Waals surface area contributed by atoms with Crippen LogP contribution < -0.4 is 4.74 Å². The van der Waals surface area contributed by atoms with Gasteiger partial charge in [-0.2, -0.15) is 0 Å². The van der Waals surface area contributed by atoms with E-state index in [0.29, 0.717) is 19.0 Å².